The van der Waals surface area contributed by atoms with E-state index in [9.17, 15) is 14.7 Å². The molecular weight excluding hydrogens is 508 g/mol. The highest BCUT2D eigenvalue weighted by molar-refractivity contribution is 6.08. The van der Waals surface area contributed by atoms with Crippen molar-refractivity contribution in [3.63, 3.8) is 0 Å². The zero-order valence-corrected chi connectivity index (χ0v) is 22.9. The number of hydrogen-bond donors (Lipinski definition) is 2. The third kappa shape index (κ3) is 5.10. The van der Waals surface area contributed by atoms with Crippen molar-refractivity contribution in [2.45, 2.75) is 25.9 Å². The number of aromatic nitrogens is 1. The first-order valence-corrected chi connectivity index (χ1v) is 13.7. The fourth-order valence-electron chi connectivity index (χ4n) is 5.50. The summed E-state index contributed by atoms with van der Waals surface area (Å²) in [7, 11) is 0. The lowest BCUT2D eigenvalue weighted by Gasteiger charge is -2.20. The van der Waals surface area contributed by atoms with Gasteiger partial charge < -0.3 is 15.0 Å². The van der Waals surface area contributed by atoms with Crippen LogP contribution in [-0.2, 0) is 0 Å². The number of benzene rings is 5. The number of hydrogen-bond acceptors (Lipinski definition) is 2. The first-order chi connectivity index (χ1) is 19.9. The number of amides is 1. The minimum absolute atomic E-state index is 0.00721. The Bertz CT molecular complexity index is 1890. The number of rotatable bonds is 7. The van der Waals surface area contributed by atoms with Gasteiger partial charge in [-0.3, -0.25) is 4.79 Å². The molecule has 0 saturated heterocycles. The Balaban J connectivity index is 1.42. The monoisotopic (exact) mass is 538 g/mol. The summed E-state index contributed by atoms with van der Waals surface area (Å²) in [5.41, 5.74) is 5.67. The summed E-state index contributed by atoms with van der Waals surface area (Å²) in [6.07, 6.45) is 2.06. The minimum Gasteiger partial charge on any atom is -0.478 e. The van der Waals surface area contributed by atoms with E-state index < -0.39 is 5.97 Å². The van der Waals surface area contributed by atoms with Crippen molar-refractivity contribution >= 4 is 33.6 Å². The maximum Gasteiger partial charge on any atom is 0.335 e. The van der Waals surface area contributed by atoms with Crippen molar-refractivity contribution in [3.05, 3.63) is 144 Å². The van der Waals surface area contributed by atoms with Gasteiger partial charge in [-0.15, -0.1) is 0 Å². The molecule has 0 bridgehead atoms. The predicted octanol–water partition coefficient (Wildman–Crippen LogP) is 8.26. The summed E-state index contributed by atoms with van der Waals surface area (Å²) in [6.45, 7) is 4.06. The minimum atomic E-state index is -0.977. The van der Waals surface area contributed by atoms with Crippen LogP contribution in [0.3, 0.4) is 0 Å². The zero-order chi connectivity index (χ0) is 28.5. The van der Waals surface area contributed by atoms with Crippen LogP contribution in [0, 0.1) is 0 Å². The topological polar surface area (TPSA) is 71.3 Å². The number of nitrogens with zero attached hydrogens (tertiary/aromatic N) is 1. The van der Waals surface area contributed by atoms with Crippen molar-refractivity contribution < 1.29 is 14.7 Å². The van der Waals surface area contributed by atoms with Gasteiger partial charge in [-0.05, 0) is 83.3 Å². The Hall–Kier alpha value is -5.16. The molecule has 6 aromatic rings. The van der Waals surface area contributed by atoms with E-state index in [1.807, 2.05) is 55.5 Å². The first-order valence-electron chi connectivity index (χ1n) is 13.7. The first kappa shape index (κ1) is 26.1. The summed E-state index contributed by atoms with van der Waals surface area (Å²) in [6, 6.07) is 37.4. The quantitative estimate of drug-likeness (QED) is 0.215. The molecule has 1 heterocycles. The third-order valence-electron chi connectivity index (χ3n) is 7.84. The Labute approximate surface area is 238 Å². The molecule has 0 aliphatic carbocycles. The zero-order valence-electron chi connectivity index (χ0n) is 22.9. The van der Waals surface area contributed by atoms with Gasteiger partial charge in [0, 0.05) is 11.6 Å². The van der Waals surface area contributed by atoms with Crippen LogP contribution in [-0.4, -0.2) is 21.6 Å². The Kier molecular flexibility index (Phi) is 6.86. The molecule has 0 spiro atoms. The molecule has 6 rings (SSSR count). The SMILES string of the molecule is C[C@H](NC(=O)c1cc(-c2ccccc2)cc2ccn([C@@H](C)c3ccc4ccccc4c3)c12)c1ccc(C(=O)O)cc1. The van der Waals surface area contributed by atoms with Crippen LogP contribution in [0.25, 0.3) is 32.8 Å². The van der Waals surface area contributed by atoms with Crippen LogP contribution in [0.1, 0.15) is 57.8 Å². The summed E-state index contributed by atoms with van der Waals surface area (Å²) in [4.78, 5) is 25.2. The Morgan fingerprint density at radius 2 is 1.37 bits per heavy atom. The number of aromatic carboxylic acids is 1. The van der Waals surface area contributed by atoms with Gasteiger partial charge in [0.05, 0.1) is 28.7 Å². The van der Waals surface area contributed by atoms with Crippen molar-refractivity contribution in [1.82, 2.24) is 9.88 Å². The number of carboxylic acids is 1. The lowest BCUT2D eigenvalue weighted by Crippen LogP contribution is -2.27. The molecular formula is C36H30N2O3. The van der Waals surface area contributed by atoms with Gasteiger partial charge in [-0.2, -0.15) is 0 Å². The van der Waals surface area contributed by atoms with E-state index >= 15 is 0 Å². The molecule has 1 aromatic heterocycles. The largest absolute Gasteiger partial charge is 0.478 e. The molecule has 0 aliphatic rings. The second-order valence-corrected chi connectivity index (χ2v) is 10.5. The Morgan fingerprint density at radius 3 is 2.10 bits per heavy atom. The van der Waals surface area contributed by atoms with Crippen molar-refractivity contribution in [2.75, 3.05) is 0 Å². The van der Waals surface area contributed by atoms with E-state index in [0.717, 1.165) is 33.2 Å². The predicted molar refractivity (Wildman–Crippen MR) is 164 cm³/mol. The molecule has 0 saturated carbocycles. The molecule has 5 heteroatoms. The highest BCUT2D eigenvalue weighted by Crippen LogP contribution is 2.33. The van der Waals surface area contributed by atoms with Gasteiger partial charge >= 0.3 is 5.97 Å². The van der Waals surface area contributed by atoms with Gasteiger partial charge in [0.15, 0.2) is 0 Å². The molecule has 1 amide bonds. The van der Waals surface area contributed by atoms with Crippen LogP contribution in [0.15, 0.2) is 121 Å². The van der Waals surface area contributed by atoms with Crippen LogP contribution < -0.4 is 5.32 Å². The standard InChI is InChI=1S/C36H30N2O3/c1-23(25-12-15-28(16-13-25)36(40)41)37-35(39)33-22-32(26-8-4-3-5-9-26)21-31-18-19-38(34(31)33)24(2)29-17-14-27-10-6-7-11-30(27)20-29/h3-24H,1-2H3,(H,37,39)(H,40,41)/t23-,24-/m0/s1. The van der Waals surface area contributed by atoms with Gasteiger partial charge in [0.1, 0.15) is 0 Å². The van der Waals surface area contributed by atoms with E-state index in [-0.39, 0.29) is 23.6 Å². The summed E-state index contributed by atoms with van der Waals surface area (Å²) >= 11 is 0. The van der Waals surface area contributed by atoms with E-state index in [4.69, 9.17) is 0 Å². The van der Waals surface area contributed by atoms with E-state index in [0.29, 0.717) is 5.56 Å². The molecule has 0 fully saturated rings. The van der Waals surface area contributed by atoms with Gasteiger partial charge in [-0.25, -0.2) is 4.79 Å². The summed E-state index contributed by atoms with van der Waals surface area (Å²) in [5, 5.41) is 15.8. The fraction of sp³-hybridized carbons (Fsp3) is 0.111. The lowest BCUT2D eigenvalue weighted by molar-refractivity contribution is 0.0696. The van der Waals surface area contributed by atoms with Crippen LogP contribution in [0.4, 0.5) is 0 Å². The van der Waals surface area contributed by atoms with Gasteiger partial charge in [-0.1, -0.05) is 78.9 Å². The summed E-state index contributed by atoms with van der Waals surface area (Å²) in [5.74, 6) is -1.16. The molecule has 0 radical (unpaired) electrons. The average molecular weight is 539 g/mol. The van der Waals surface area contributed by atoms with Crippen LogP contribution in [0.2, 0.25) is 0 Å². The molecule has 5 nitrogen and oxygen atoms in total. The molecule has 2 N–H and O–H groups in total. The van der Waals surface area contributed by atoms with Crippen molar-refractivity contribution in [1.29, 1.82) is 0 Å². The maximum absolute atomic E-state index is 14.0. The van der Waals surface area contributed by atoms with Crippen molar-refractivity contribution in [2.24, 2.45) is 0 Å². The average Bonchev–Trinajstić information content (AvgIpc) is 3.44. The maximum atomic E-state index is 14.0. The van der Waals surface area contributed by atoms with E-state index in [1.165, 1.54) is 10.8 Å². The smallest absolute Gasteiger partial charge is 0.335 e. The second-order valence-electron chi connectivity index (χ2n) is 10.5. The highest BCUT2D eigenvalue weighted by Gasteiger charge is 2.21. The van der Waals surface area contributed by atoms with Gasteiger partial charge in [0.25, 0.3) is 5.91 Å². The van der Waals surface area contributed by atoms with E-state index in [1.54, 1.807) is 24.3 Å². The van der Waals surface area contributed by atoms with Crippen molar-refractivity contribution in [3.8, 4) is 11.1 Å². The van der Waals surface area contributed by atoms with Crippen LogP contribution >= 0.6 is 0 Å². The molecule has 2 atom stereocenters. The number of carbonyl (C=O) groups is 2. The number of carboxylic acid groups (broad SMARTS) is 1. The normalized spacial score (nSPS) is 12.7. The molecule has 0 unspecified atom stereocenters. The fourth-order valence-corrected chi connectivity index (χ4v) is 5.50. The highest BCUT2D eigenvalue weighted by atomic mass is 16.4. The number of nitrogens with one attached hydrogen (secondary N) is 1. The summed E-state index contributed by atoms with van der Waals surface area (Å²) < 4.78 is 2.18. The molecule has 41 heavy (non-hydrogen) atoms. The molecule has 5 aromatic carbocycles. The lowest BCUT2D eigenvalue weighted by atomic mass is 9.98. The molecule has 202 valence electrons. The molecule has 0 aliphatic heterocycles. The Morgan fingerprint density at radius 1 is 0.683 bits per heavy atom. The van der Waals surface area contributed by atoms with Gasteiger partial charge in [0.2, 0.25) is 0 Å². The number of fused-ring (bicyclic) bond motifs is 2. The van der Waals surface area contributed by atoms with Crippen LogP contribution in [0.5, 0.6) is 0 Å². The third-order valence-corrected chi connectivity index (χ3v) is 7.84. The van der Waals surface area contributed by atoms with E-state index in [2.05, 4.69) is 65.5 Å². The number of carbonyl (C=O) groups excluding carboxylic acids is 1. The second kappa shape index (κ2) is 10.8.